The van der Waals surface area contributed by atoms with Crippen molar-refractivity contribution >= 4 is 21.9 Å². The highest BCUT2D eigenvalue weighted by molar-refractivity contribution is 9.10. The number of hydrogen-bond donors (Lipinski definition) is 0. The number of ether oxygens (including phenoxy) is 1. The van der Waals surface area contributed by atoms with Crippen molar-refractivity contribution in [1.29, 1.82) is 0 Å². The van der Waals surface area contributed by atoms with Crippen molar-refractivity contribution in [3.63, 3.8) is 0 Å². The first-order chi connectivity index (χ1) is 12.1. The zero-order valence-corrected chi connectivity index (χ0v) is 15.8. The molecule has 0 spiro atoms. The van der Waals surface area contributed by atoms with Crippen molar-refractivity contribution in [2.75, 3.05) is 6.61 Å². The van der Waals surface area contributed by atoms with Crippen molar-refractivity contribution in [3.8, 4) is 11.3 Å². The number of benzene rings is 2. The molecular weight excluding hydrogens is 380 g/mol. The molecule has 4 nitrogen and oxygen atoms in total. The van der Waals surface area contributed by atoms with E-state index in [2.05, 4.69) is 46.2 Å². The molecule has 0 bridgehead atoms. The van der Waals surface area contributed by atoms with Crippen LogP contribution in [0.4, 0.5) is 0 Å². The minimum atomic E-state index is -0.298. The number of rotatable bonds is 5. The average Bonchev–Trinajstić information content (AvgIpc) is 3.06. The van der Waals surface area contributed by atoms with Crippen molar-refractivity contribution in [2.24, 2.45) is 0 Å². The molecule has 1 heterocycles. The van der Waals surface area contributed by atoms with Crippen LogP contribution in [-0.2, 0) is 11.3 Å². The largest absolute Gasteiger partial charge is 0.462 e. The van der Waals surface area contributed by atoms with E-state index in [0.717, 1.165) is 21.3 Å². The molecule has 0 unspecified atom stereocenters. The maximum Gasteiger partial charge on any atom is 0.338 e. The van der Waals surface area contributed by atoms with Gasteiger partial charge in [0, 0.05) is 16.2 Å². The first kappa shape index (κ1) is 17.4. The summed E-state index contributed by atoms with van der Waals surface area (Å²) in [5.74, 6) is -0.298. The Morgan fingerprint density at radius 1 is 1.20 bits per heavy atom. The summed E-state index contributed by atoms with van der Waals surface area (Å²) in [7, 11) is 0. The Morgan fingerprint density at radius 2 is 2.00 bits per heavy atom. The first-order valence-electron chi connectivity index (χ1n) is 8.13. The van der Waals surface area contributed by atoms with E-state index in [1.54, 1.807) is 13.0 Å². The molecule has 0 aliphatic rings. The Kier molecular flexibility index (Phi) is 5.34. The molecule has 2 aromatic carbocycles. The molecule has 0 saturated heterocycles. The van der Waals surface area contributed by atoms with E-state index in [9.17, 15) is 4.79 Å². The standard InChI is InChI=1S/C20H19BrN2O2/c1-3-25-20(24)17-7-5-4-6-16(17)13-23-11-10-19(22-23)15-9-8-14(2)18(21)12-15/h4-12H,3,13H2,1-2H3. The van der Waals surface area contributed by atoms with Gasteiger partial charge in [0.05, 0.1) is 24.4 Å². The molecule has 1 aromatic heterocycles. The normalized spacial score (nSPS) is 10.7. The van der Waals surface area contributed by atoms with E-state index in [0.29, 0.717) is 18.7 Å². The van der Waals surface area contributed by atoms with Crippen LogP contribution < -0.4 is 0 Å². The predicted molar refractivity (Wildman–Crippen MR) is 102 cm³/mol. The molecule has 0 aliphatic heterocycles. The molecule has 0 saturated carbocycles. The van der Waals surface area contributed by atoms with Crippen molar-refractivity contribution in [1.82, 2.24) is 9.78 Å². The van der Waals surface area contributed by atoms with Crippen LogP contribution in [0.1, 0.15) is 28.4 Å². The zero-order chi connectivity index (χ0) is 17.8. The summed E-state index contributed by atoms with van der Waals surface area (Å²) in [6.07, 6.45) is 1.92. The number of hydrogen-bond acceptors (Lipinski definition) is 3. The Labute approximate surface area is 155 Å². The van der Waals surface area contributed by atoms with Gasteiger partial charge in [-0.1, -0.05) is 46.3 Å². The lowest BCUT2D eigenvalue weighted by molar-refractivity contribution is 0.0525. The smallest absolute Gasteiger partial charge is 0.338 e. The second-order valence-electron chi connectivity index (χ2n) is 5.74. The molecule has 0 aliphatic carbocycles. The molecule has 0 amide bonds. The highest BCUT2D eigenvalue weighted by atomic mass is 79.9. The average molecular weight is 399 g/mol. The van der Waals surface area contributed by atoms with Gasteiger partial charge in [0.25, 0.3) is 0 Å². The van der Waals surface area contributed by atoms with Gasteiger partial charge < -0.3 is 4.74 Å². The molecule has 0 N–H and O–H groups in total. The number of nitrogens with zero attached hydrogens (tertiary/aromatic N) is 2. The van der Waals surface area contributed by atoms with Gasteiger partial charge in [0.15, 0.2) is 0 Å². The van der Waals surface area contributed by atoms with Crippen LogP contribution in [0.5, 0.6) is 0 Å². The summed E-state index contributed by atoms with van der Waals surface area (Å²) in [5.41, 5.74) is 4.61. The van der Waals surface area contributed by atoms with Crippen LogP contribution in [-0.4, -0.2) is 22.4 Å². The number of carbonyl (C=O) groups excluding carboxylic acids is 1. The molecule has 5 heteroatoms. The second kappa shape index (κ2) is 7.66. The zero-order valence-electron chi connectivity index (χ0n) is 14.2. The fourth-order valence-corrected chi connectivity index (χ4v) is 2.98. The summed E-state index contributed by atoms with van der Waals surface area (Å²) in [5, 5.41) is 4.64. The van der Waals surface area contributed by atoms with Gasteiger partial charge in [-0.3, -0.25) is 4.68 Å². The third-order valence-corrected chi connectivity index (χ3v) is 4.81. The van der Waals surface area contributed by atoms with Gasteiger partial charge in [-0.15, -0.1) is 0 Å². The van der Waals surface area contributed by atoms with Gasteiger partial charge in [0.2, 0.25) is 0 Å². The molecule has 128 valence electrons. The van der Waals surface area contributed by atoms with Gasteiger partial charge in [-0.2, -0.15) is 5.10 Å². The van der Waals surface area contributed by atoms with Crippen LogP contribution >= 0.6 is 15.9 Å². The fraction of sp³-hybridized carbons (Fsp3) is 0.200. The molecule has 0 fully saturated rings. The first-order valence-corrected chi connectivity index (χ1v) is 8.92. The summed E-state index contributed by atoms with van der Waals surface area (Å²) >= 11 is 3.56. The predicted octanol–water partition coefficient (Wildman–Crippen LogP) is 4.85. The topological polar surface area (TPSA) is 44.1 Å². The lowest BCUT2D eigenvalue weighted by atomic mass is 10.1. The number of aromatic nitrogens is 2. The quantitative estimate of drug-likeness (QED) is 0.577. The van der Waals surface area contributed by atoms with E-state index in [1.165, 1.54) is 5.56 Å². The van der Waals surface area contributed by atoms with Gasteiger partial charge in [-0.25, -0.2) is 4.79 Å². The molecule has 25 heavy (non-hydrogen) atoms. The highest BCUT2D eigenvalue weighted by Gasteiger charge is 2.13. The van der Waals surface area contributed by atoms with Crippen molar-refractivity contribution in [2.45, 2.75) is 20.4 Å². The molecule has 3 aromatic rings. The SMILES string of the molecule is CCOC(=O)c1ccccc1Cn1ccc(-c2ccc(C)c(Br)c2)n1. The third kappa shape index (κ3) is 3.99. The fourth-order valence-electron chi connectivity index (χ4n) is 2.60. The van der Waals surface area contributed by atoms with Crippen LogP contribution in [0.15, 0.2) is 59.2 Å². The monoisotopic (exact) mass is 398 g/mol. The van der Waals surface area contributed by atoms with Crippen LogP contribution in [0, 0.1) is 6.92 Å². The summed E-state index contributed by atoms with van der Waals surface area (Å²) in [4.78, 5) is 12.1. The molecule has 0 radical (unpaired) electrons. The maximum atomic E-state index is 12.1. The van der Waals surface area contributed by atoms with E-state index >= 15 is 0 Å². The van der Waals surface area contributed by atoms with Crippen LogP contribution in [0.2, 0.25) is 0 Å². The lowest BCUT2D eigenvalue weighted by Gasteiger charge is -2.09. The molecule has 3 rings (SSSR count). The maximum absolute atomic E-state index is 12.1. The number of aryl methyl sites for hydroxylation is 1. The number of halogens is 1. The summed E-state index contributed by atoms with van der Waals surface area (Å²) in [6.45, 7) is 4.74. The second-order valence-corrected chi connectivity index (χ2v) is 6.59. The van der Waals surface area contributed by atoms with Gasteiger partial charge in [-0.05, 0) is 43.2 Å². The molecule has 0 atom stereocenters. The van der Waals surface area contributed by atoms with E-state index in [1.807, 2.05) is 35.1 Å². The Morgan fingerprint density at radius 3 is 2.76 bits per heavy atom. The minimum Gasteiger partial charge on any atom is -0.462 e. The van der Waals surface area contributed by atoms with Crippen LogP contribution in [0.3, 0.4) is 0 Å². The summed E-state index contributed by atoms with van der Waals surface area (Å²) < 4.78 is 8.03. The van der Waals surface area contributed by atoms with E-state index < -0.39 is 0 Å². The Hall–Kier alpha value is -2.40. The van der Waals surface area contributed by atoms with E-state index in [4.69, 9.17) is 4.74 Å². The Balaban J connectivity index is 1.85. The van der Waals surface area contributed by atoms with Crippen LogP contribution in [0.25, 0.3) is 11.3 Å². The summed E-state index contributed by atoms with van der Waals surface area (Å²) in [6, 6.07) is 15.6. The Bertz CT molecular complexity index is 902. The minimum absolute atomic E-state index is 0.298. The van der Waals surface area contributed by atoms with E-state index in [-0.39, 0.29) is 5.97 Å². The van der Waals surface area contributed by atoms with Gasteiger partial charge in [0.1, 0.15) is 0 Å². The van der Waals surface area contributed by atoms with Crippen molar-refractivity contribution in [3.05, 3.63) is 75.9 Å². The number of carbonyl (C=O) groups is 1. The van der Waals surface area contributed by atoms with Gasteiger partial charge >= 0.3 is 5.97 Å². The number of esters is 1. The lowest BCUT2D eigenvalue weighted by Crippen LogP contribution is -2.11. The van der Waals surface area contributed by atoms with Crippen molar-refractivity contribution < 1.29 is 9.53 Å². The molecular formula is C20H19BrN2O2. The third-order valence-electron chi connectivity index (χ3n) is 3.95. The highest BCUT2D eigenvalue weighted by Crippen LogP contribution is 2.24.